The van der Waals surface area contributed by atoms with E-state index in [1.54, 1.807) is 6.33 Å². The van der Waals surface area contributed by atoms with Crippen molar-refractivity contribution in [1.82, 2.24) is 25.1 Å². The minimum Gasteiger partial charge on any atom is -0.492 e. The molecule has 2 aliphatic heterocycles. The second kappa shape index (κ2) is 12.3. The zero-order chi connectivity index (χ0) is 29.1. The SMILES string of the molecule is Cc1c(OCCN2CCCC2)cc(Cl)cc1N1CCN(c2ncnc3[nH]nc(C4CC4)c23)CC1.O=C(O)C(F)(F)F. The number of carboxylic acid groups (broad SMARTS) is 1. The van der Waals surface area contributed by atoms with Gasteiger partial charge < -0.3 is 19.6 Å². The average Bonchev–Trinajstić information content (AvgIpc) is 3.47. The van der Waals surface area contributed by atoms with E-state index in [0.29, 0.717) is 12.5 Å². The highest BCUT2D eigenvalue weighted by atomic mass is 35.5. The fraction of sp³-hybridized carbons (Fsp3) is 0.556. The Bertz CT molecular complexity index is 1370. The molecule has 10 nitrogen and oxygen atoms in total. The Morgan fingerprint density at radius 3 is 2.39 bits per heavy atom. The lowest BCUT2D eigenvalue weighted by molar-refractivity contribution is -0.192. The highest BCUT2D eigenvalue weighted by Gasteiger charge is 2.38. The van der Waals surface area contributed by atoms with Gasteiger partial charge in [0, 0.05) is 54.9 Å². The Balaban J connectivity index is 0.000000431. The molecule has 0 bridgehead atoms. The number of piperazine rings is 1. The van der Waals surface area contributed by atoms with Crippen LogP contribution in [-0.2, 0) is 4.79 Å². The maximum Gasteiger partial charge on any atom is 0.490 e. The predicted molar refractivity (Wildman–Crippen MR) is 149 cm³/mol. The van der Waals surface area contributed by atoms with Crippen LogP contribution in [0.5, 0.6) is 5.75 Å². The first-order valence-corrected chi connectivity index (χ1v) is 14.1. The number of aromatic nitrogens is 4. The molecule has 3 fully saturated rings. The van der Waals surface area contributed by atoms with Crippen molar-refractivity contribution in [3.05, 3.63) is 34.7 Å². The van der Waals surface area contributed by atoms with Crippen LogP contribution < -0.4 is 14.5 Å². The molecule has 0 unspecified atom stereocenters. The number of nitrogens with one attached hydrogen (secondary N) is 1. The number of carbonyl (C=O) groups is 1. The van der Waals surface area contributed by atoms with Crippen molar-refractivity contribution in [2.45, 2.75) is 44.7 Å². The van der Waals surface area contributed by atoms with E-state index in [9.17, 15) is 13.2 Å². The van der Waals surface area contributed by atoms with Gasteiger partial charge in [0.2, 0.25) is 0 Å². The molecule has 1 aliphatic carbocycles. The van der Waals surface area contributed by atoms with E-state index >= 15 is 0 Å². The van der Waals surface area contributed by atoms with Gasteiger partial charge in [-0.25, -0.2) is 14.8 Å². The highest BCUT2D eigenvalue weighted by Crippen LogP contribution is 2.43. The van der Waals surface area contributed by atoms with Gasteiger partial charge in [-0.15, -0.1) is 0 Å². The van der Waals surface area contributed by atoms with E-state index in [2.05, 4.69) is 47.9 Å². The summed E-state index contributed by atoms with van der Waals surface area (Å²) in [6, 6.07) is 4.03. The minimum absolute atomic E-state index is 0.554. The Hall–Kier alpha value is -3.32. The van der Waals surface area contributed by atoms with Gasteiger partial charge in [0.05, 0.1) is 11.1 Å². The zero-order valence-electron chi connectivity index (χ0n) is 22.8. The Kier molecular flexibility index (Phi) is 8.74. The summed E-state index contributed by atoms with van der Waals surface area (Å²) in [4.78, 5) is 25.2. The maximum absolute atomic E-state index is 10.6. The number of halogens is 4. The van der Waals surface area contributed by atoms with Crippen LogP contribution in [0.4, 0.5) is 24.7 Å². The molecule has 3 aliphatic rings. The van der Waals surface area contributed by atoms with Crippen molar-refractivity contribution in [1.29, 1.82) is 0 Å². The van der Waals surface area contributed by atoms with Crippen molar-refractivity contribution in [3.63, 3.8) is 0 Å². The maximum atomic E-state index is 10.6. The summed E-state index contributed by atoms with van der Waals surface area (Å²) < 4.78 is 37.9. The van der Waals surface area contributed by atoms with E-state index in [4.69, 9.17) is 26.2 Å². The van der Waals surface area contributed by atoms with Crippen LogP contribution in [0.3, 0.4) is 0 Å². The molecule has 2 N–H and O–H groups in total. The van der Waals surface area contributed by atoms with Crippen LogP contribution in [0.2, 0.25) is 5.02 Å². The molecule has 1 aromatic carbocycles. The molecule has 0 atom stereocenters. The summed E-state index contributed by atoms with van der Waals surface area (Å²) in [5, 5.41) is 16.6. The number of likely N-dealkylation sites (tertiary alicyclic amines) is 1. The molecule has 0 radical (unpaired) electrons. The van der Waals surface area contributed by atoms with Gasteiger partial charge in [0.25, 0.3) is 0 Å². The first-order chi connectivity index (χ1) is 19.6. The van der Waals surface area contributed by atoms with Gasteiger partial charge in [-0.2, -0.15) is 18.3 Å². The number of carboxylic acids is 1. The molecule has 41 heavy (non-hydrogen) atoms. The lowest BCUT2D eigenvalue weighted by atomic mass is 10.1. The molecular formula is C27H33ClF3N7O3. The van der Waals surface area contributed by atoms with Crippen LogP contribution >= 0.6 is 11.6 Å². The van der Waals surface area contributed by atoms with Crippen molar-refractivity contribution in [2.24, 2.45) is 0 Å². The number of H-pyrrole nitrogens is 1. The number of aliphatic carboxylic acids is 1. The standard InChI is InChI=1S/C25H32ClN7O.C2HF3O2/c1-17-20(14-19(26)15-21(17)34-13-12-31-6-2-3-7-31)32-8-10-33(11-9-32)25-22-23(18-4-5-18)29-30-24(22)27-16-28-25;3-2(4,5)1(6)7/h14-16,18H,2-13H2,1H3,(H,27,28,29,30);(H,6,7). The third-order valence-corrected chi connectivity index (χ3v) is 7.87. The van der Waals surface area contributed by atoms with Crippen molar-refractivity contribution in [3.8, 4) is 5.75 Å². The Labute approximate surface area is 240 Å². The van der Waals surface area contributed by atoms with Gasteiger partial charge >= 0.3 is 12.1 Å². The topological polar surface area (TPSA) is 111 Å². The zero-order valence-corrected chi connectivity index (χ0v) is 23.5. The van der Waals surface area contributed by atoms with Crippen LogP contribution in [0.15, 0.2) is 18.5 Å². The fourth-order valence-electron chi connectivity index (χ4n) is 5.33. The quantitative estimate of drug-likeness (QED) is 0.404. The molecule has 0 amide bonds. The van der Waals surface area contributed by atoms with Gasteiger partial charge in [-0.05, 0) is 57.8 Å². The van der Waals surface area contributed by atoms with E-state index in [-0.39, 0.29) is 0 Å². The number of alkyl halides is 3. The first kappa shape index (κ1) is 29.2. The predicted octanol–water partition coefficient (Wildman–Crippen LogP) is 4.63. The summed E-state index contributed by atoms with van der Waals surface area (Å²) in [5.74, 6) is -0.298. The molecular weight excluding hydrogens is 563 g/mol. The highest BCUT2D eigenvalue weighted by molar-refractivity contribution is 6.31. The molecule has 14 heteroatoms. The van der Waals surface area contributed by atoms with E-state index < -0.39 is 12.1 Å². The van der Waals surface area contributed by atoms with Gasteiger partial charge in [0.1, 0.15) is 24.5 Å². The molecule has 1 saturated carbocycles. The van der Waals surface area contributed by atoms with Crippen LogP contribution in [0.25, 0.3) is 11.0 Å². The third-order valence-electron chi connectivity index (χ3n) is 7.65. The summed E-state index contributed by atoms with van der Waals surface area (Å²) in [7, 11) is 0. The summed E-state index contributed by atoms with van der Waals surface area (Å²) in [6.45, 7) is 9.77. The number of benzene rings is 1. The number of nitrogens with zero attached hydrogens (tertiary/aromatic N) is 6. The van der Waals surface area contributed by atoms with Crippen molar-refractivity contribution < 1.29 is 27.8 Å². The van der Waals surface area contributed by atoms with Crippen LogP contribution in [0.1, 0.15) is 42.9 Å². The van der Waals surface area contributed by atoms with Gasteiger partial charge in [0.15, 0.2) is 5.65 Å². The van der Waals surface area contributed by atoms with Crippen LogP contribution in [-0.4, -0.2) is 94.7 Å². The molecule has 4 heterocycles. The lowest BCUT2D eigenvalue weighted by Crippen LogP contribution is -2.47. The van der Waals surface area contributed by atoms with Crippen LogP contribution in [0, 0.1) is 6.92 Å². The van der Waals surface area contributed by atoms with Crippen molar-refractivity contribution in [2.75, 3.05) is 62.2 Å². The molecule has 222 valence electrons. The van der Waals surface area contributed by atoms with Gasteiger partial charge in [-0.1, -0.05) is 11.6 Å². The van der Waals surface area contributed by atoms with E-state index in [1.807, 2.05) is 6.07 Å². The second-order valence-corrected chi connectivity index (χ2v) is 11.0. The number of anilines is 2. The summed E-state index contributed by atoms with van der Waals surface area (Å²) >= 11 is 6.52. The monoisotopic (exact) mass is 595 g/mol. The van der Waals surface area contributed by atoms with Crippen molar-refractivity contribution >= 4 is 40.1 Å². The lowest BCUT2D eigenvalue weighted by Gasteiger charge is -2.37. The summed E-state index contributed by atoms with van der Waals surface area (Å²) in [6.07, 6.45) is 1.58. The number of aromatic amines is 1. The Morgan fingerprint density at radius 1 is 1.10 bits per heavy atom. The molecule has 2 saturated heterocycles. The third kappa shape index (κ3) is 6.95. The molecule has 6 rings (SSSR count). The average molecular weight is 596 g/mol. The minimum atomic E-state index is -5.08. The van der Waals surface area contributed by atoms with E-state index in [1.165, 1.54) is 38.8 Å². The number of fused-ring (bicyclic) bond motifs is 1. The first-order valence-electron chi connectivity index (χ1n) is 13.8. The summed E-state index contributed by atoms with van der Waals surface area (Å²) in [5.41, 5.74) is 4.30. The van der Waals surface area contributed by atoms with Gasteiger partial charge in [-0.3, -0.25) is 10.00 Å². The molecule has 3 aromatic rings. The van der Waals surface area contributed by atoms with E-state index in [0.717, 1.165) is 77.3 Å². The largest absolute Gasteiger partial charge is 0.492 e. The normalized spacial score (nSPS) is 18.0. The number of ether oxygens (including phenoxy) is 1. The smallest absolute Gasteiger partial charge is 0.490 e. The second-order valence-electron chi connectivity index (χ2n) is 10.5. The Morgan fingerprint density at radius 2 is 1.76 bits per heavy atom. The number of hydrogen-bond acceptors (Lipinski definition) is 8. The number of hydrogen-bond donors (Lipinski definition) is 2. The molecule has 0 spiro atoms. The number of rotatable bonds is 7. The fourth-order valence-corrected chi connectivity index (χ4v) is 5.53. The molecule has 2 aromatic heterocycles.